The number of aliphatic hydroxyl groups excluding tert-OH is 1. The van der Waals surface area contributed by atoms with Crippen LogP contribution in [0.25, 0.3) is 10.9 Å². The van der Waals surface area contributed by atoms with Crippen molar-refractivity contribution in [3.8, 4) is 5.75 Å². The number of ether oxygens (including phenoxy) is 1. The van der Waals surface area contributed by atoms with E-state index in [1.165, 1.54) is 0 Å². The average molecular weight is 470 g/mol. The summed E-state index contributed by atoms with van der Waals surface area (Å²) in [6.07, 6.45) is 6.82. The lowest BCUT2D eigenvalue weighted by atomic mass is 9.81. The van der Waals surface area contributed by atoms with Gasteiger partial charge in [0.05, 0.1) is 29.7 Å². The van der Waals surface area contributed by atoms with Gasteiger partial charge in [0, 0.05) is 36.1 Å². The Balaban J connectivity index is 1.34. The second-order valence-electron chi connectivity index (χ2n) is 8.70. The van der Waals surface area contributed by atoms with Gasteiger partial charge in [-0.2, -0.15) is 0 Å². The van der Waals surface area contributed by atoms with Crippen molar-refractivity contribution >= 4 is 28.2 Å². The Kier molecular flexibility index (Phi) is 7.90. The zero-order valence-corrected chi connectivity index (χ0v) is 19.7. The molecule has 0 unspecified atom stereocenters. The molecule has 0 aliphatic carbocycles. The number of benzene rings is 1. The Hall–Kier alpha value is -2.55. The number of likely N-dealkylation sites (tertiary alicyclic amines) is 1. The lowest BCUT2D eigenvalue weighted by molar-refractivity contribution is -0.146. The maximum atomic E-state index is 12.0. The smallest absolute Gasteiger partial charge is 0.308 e. The van der Waals surface area contributed by atoms with Crippen molar-refractivity contribution in [2.75, 3.05) is 26.7 Å². The summed E-state index contributed by atoms with van der Waals surface area (Å²) in [6, 6.07) is 7.47. The summed E-state index contributed by atoms with van der Waals surface area (Å²) in [6.45, 7) is 2.37. The van der Waals surface area contributed by atoms with Crippen LogP contribution >= 0.6 is 11.3 Å². The van der Waals surface area contributed by atoms with Crippen LogP contribution in [-0.4, -0.2) is 57.8 Å². The van der Waals surface area contributed by atoms with Gasteiger partial charge < -0.3 is 19.8 Å². The van der Waals surface area contributed by atoms with E-state index in [0.29, 0.717) is 19.4 Å². The van der Waals surface area contributed by atoms with Gasteiger partial charge in [0.25, 0.3) is 0 Å². The van der Waals surface area contributed by atoms with E-state index in [9.17, 15) is 15.0 Å². The molecular formula is C25H31N3O4S. The van der Waals surface area contributed by atoms with Gasteiger partial charge >= 0.3 is 5.97 Å². The number of aromatic nitrogens is 2. The van der Waals surface area contributed by atoms with E-state index in [0.717, 1.165) is 59.6 Å². The maximum absolute atomic E-state index is 12.0. The molecule has 0 amide bonds. The highest BCUT2D eigenvalue weighted by Gasteiger charge is 2.34. The first-order valence-corrected chi connectivity index (χ1v) is 12.4. The molecule has 3 aromatic rings. The second kappa shape index (κ2) is 11.0. The van der Waals surface area contributed by atoms with Gasteiger partial charge in [0.2, 0.25) is 0 Å². The van der Waals surface area contributed by atoms with Crippen molar-refractivity contribution in [3.05, 3.63) is 52.6 Å². The molecule has 1 fully saturated rings. The molecule has 0 radical (unpaired) electrons. The third kappa shape index (κ3) is 5.88. The van der Waals surface area contributed by atoms with Gasteiger partial charge in [-0.3, -0.25) is 9.78 Å². The minimum absolute atomic E-state index is 0.0648. The van der Waals surface area contributed by atoms with Crippen molar-refractivity contribution in [3.63, 3.8) is 0 Å². The number of piperidine rings is 1. The molecule has 3 atom stereocenters. The number of carboxylic acid groups (broad SMARTS) is 1. The fraction of sp³-hybridized carbons (Fsp3) is 0.480. The van der Waals surface area contributed by atoms with Crippen molar-refractivity contribution in [1.29, 1.82) is 0 Å². The molecule has 1 aliphatic rings. The van der Waals surface area contributed by atoms with Crippen LogP contribution in [0.4, 0.5) is 0 Å². The summed E-state index contributed by atoms with van der Waals surface area (Å²) in [4.78, 5) is 23.0. The summed E-state index contributed by atoms with van der Waals surface area (Å²) >= 11 is 1.67. The second-order valence-corrected chi connectivity index (χ2v) is 9.68. The lowest BCUT2D eigenvalue weighted by Gasteiger charge is -2.37. The van der Waals surface area contributed by atoms with Crippen LogP contribution in [-0.2, 0) is 11.2 Å². The van der Waals surface area contributed by atoms with Gasteiger partial charge in [-0.25, -0.2) is 4.98 Å². The molecule has 8 heteroatoms. The van der Waals surface area contributed by atoms with E-state index in [1.807, 2.05) is 35.8 Å². The number of aliphatic hydroxyl groups is 1. The van der Waals surface area contributed by atoms with Gasteiger partial charge in [-0.15, -0.1) is 11.3 Å². The zero-order chi connectivity index (χ0) is 23.2. The van der Waals surface area contributed by atoms with Crippen LogP contribution in [0.2, 0.25) is 0 Å². The quantitative estimate of drug-likeness (QED) is 0.460. The van der Waals surface area contributed by atoms with E-state index in [4.69, 9.17) is 4.74 Å². The highest BCUT2D eigenvalue weighted by atomic mass is 32.1. The molecule has 0 bridgehead atoms. The molecular weight excluding hydrogens is 438 g/mol. The number of rotatable bonds is 10. The number of aryl methyl sites for hydroxylation is 1. The zero-order valence-electron chi connectivity index (χ0n) is 18.9. The van der Waals surface area contributed by atoms with Gasteiger partial charge in [0.15, 0.2) is 0 Å². The van der Waals surface area contributed by atoms with E-state index < -0.39 is 18.0 Å². The monoisotopic (exact) mass is 469 g/mol. The number of methoxy groups -OCH3 is 1. The van der Waals surface area contributed by atoms with E-state index in [-0.39, 0.29) is 5.92 Å². The third-order valence-corrected chi connectivity index (χ3v) is 7.50. The first-order chi connectivity index (χ1) is 16.0. The van der Waals surface area contributed by atoms with Gasteiger partial charge in [0.1, 0.15) is 5.75 Å². The topological polar surface area (TPSA) is 95.8 Å². The molecule has 1 aliphatic heterocycles. The van der Waals surface area contributed by atoms with Crippen molar-refractivity contribution in [2.24, 2.45) is 11.8 Å². The summed E-state index contributed by atoms with van der Waals surface area (Å²) in [5.74, 6) is -0.356. The normalized spacial score (nSPS) is 20.1. The molecule has 176 valence electrons. The highest BCUT2D eigenvalue weighted by molar-refractivity contribution is 7.09. The fourth-order valence-corrected chi connectivity index (χ4v) is 5.48. The fourth-order valence-electron chi connectivity index (χ4n) is 4.82. The minimum Gasteiger partial charge on any atom is -0.497 e. The minimum atomic E-state index is -0.738. The Morgan fingerprint density at radius 1 is 1.30 bits per heavy atom. The maximum Gasteiger partial charge on any atom is 0.308 e. The first kappa shape index (κ1) is 23.6. The van der Waals surface area contributed by atoms with Crippen LogP contribution in [0.5, 0.6) is 5.75 Å². The van der Waals surface area contributed by atoms with Crippen molar-refractivity contribution < 1.29 is 19.7 Å². The van der Waals surface area contributed by atoms with Crippen LogP contribution in [0.15, 0.2) is 42.0 Å². The van der Waals surface area contributed by atoms with E-state index in [2.05, 4.69) is 14.9 Å². The Morgan fingerprint density at radius 2 is 2.18 bits per heavy atom. The molecule has 0 saturated carbocycles. The number of hydrogen-bond donors (Lipinski definition) is 2. The SMILES string of the molecule is COc1ccc2nccc([C@@H](O)CC[C@@H]3CCN(CCCc4nccs4)C[C@@H]3C(=O)O)c2c1. The van der Waals surface area contributed by atoms with Gasteiger partial charge in [-0.05, 0) is 74.5 Å². The number of pyridine rings is 1. The van der Waals surface area contributed by atoms with Crippen LogP contribution in [0.1, 0.15) is 42.4 Å². The molecule has 2 N–H and O–H groups in total. The summed E-state index contributed by atoms with van der Waals surface area (Å²) < 4.78 is 5.33. The largest absolute Gasteiger partial charge is 0.497 e. The number of fused-ring (bicyclic) bond motifs is 1. The lowest BCUT2D eigenvalue weighted by Crippen LogP contribution is -2.44. The molecule has 0 spiro atoms. The summed E-state index contributed by atoms with van der Waals surface area (Å²) in [7, 11) is 1.62. The summed E-state index contributed by atoms with van der Waals surface area (Å²) in [5.41, 5.74) is 1.62. The number of aliphatic carboxylic acids is 1. The molecule has 33 heavy (non-hydrogen) atoms. The molecule has 1 saturated heterocycles. The highest BCUT2D eigenvalue weighted by Crippen LogP contribution is 2.33. The van der Waals surface area contributed by atoms with Crippen LogP contribution < -0.4 is 4.74 Å². The first-order valence-electron chi connectivity index (χ1n) is 11.5. The van der Waals surface area contributed by atoms with Crippen molar-refractivity contribution in [1.82, 2.24) is 14.9 Å². The standard InChI is InChI=1S/C25H31N3O4S/c1-32-18-5-6-22-20(15-18)19(8-10-26-22)23(29)7-4-17-9-13-28(16-21(17)25(30)31)12-2-3-24-27-11-14-33-24/h5-6,8,10-11,14-15,17,21,23,29H,2-4,7,9,12-13,16H2,1H3,(H,30,31)/t17-,21+,23+/m1/s1. The van der Waals surface area contributed by atoms with E-state index in [1.54, 1.807) is 24.6 Å². The number of hydrogen-bond acceptors (Lipinski definition) is 7. The van der Waals surface area contributed by atoms with Crippen LogP contribution in [0, 0.1) is 11.8 Å². The summed E-state index contributed by atoms with van der Waals surface area (Å²) in [5, 5.41) is 24.8. The average Bonchev–Trinajstić information content (AvgIpc) is 3.35. The van der Waals surface area contributed by atoms with Crippen LogP contribution in [0.3, 0.4) is 0 Å². The molecule has 7 nitrogen and oxygen atoms in total. The Bertz CT molecular complexity index is 1060. The number of carbonyl (C=O) groups is 1. The predicted octanol–water partition coefficient (Wildman–Crippen LogP) is 4.17. The number of nitrogens with zero attached hydrogens (tertiary/aromatic N) is 3. The Labute approximate surface area is 198 Å². The third-order valence-electron chi connectivity index (χ3n) is 6.66. The molecule has 4 rings (SSSR count). The molecule has 2 aromatic heterocycles. The number of thiazole rings is 1. The molecule has 3 heterocycles. The van der Waals surface area contributed by atoms with E-state index >= 15 is 0 Å². The molecule has 1 aromatic carbocycles. The van der Waals surface area contributed by atoms with Gasteiger partial charge in [-0.1, -0.05) is 0 Å². The predicted molar refractivity (Wildman–Crippen MR) is 129 cm³/mol. The number of carboxylic acids is 1. The Morgan fingerprint density at radius 3 is 2.94 bits per heavy atom. The van der Waals surface area contributed by atoms with Crippen molar-refractivity contribution in [2.45, 2.75) is 38.2 Å².